The molecule has 0 aliphatic carbocycles. The molecule has 1 saturated heterocycles. The van der Waals surface area contributed by atoms with E-state index in [9.17, 15) is 0 Å². The van der Waals surface area contributed by atoms with Crippen LogP contribution < -0.4 is 20.3 Å². The Balaban J connectivity index is 0.00000156. The average molecular weight is 518 g/mol. The van der Waals surface area contributed by atoms with Crippen molar-refractivity contribution in [1.82, 2.24) is 9.55 Å². The average Bonchev–Trinajstić information content (AvgIpc) is 3.48. The summed E-state index contributed by atoms with van der Waals surface area (Å²) < 4.78 is 8.53. The zero-order chi connectivity index (χ0) is 25.9. The molecule has 4 aromatic rings. The molecule has 0 saturated carbocycles. The van der Waals surface area contributed by atoms with Gasteiger partial charge in [-0.25, -0.2) is 4.98 Å². The number of hydrogen-bond donors (Lipinski definition) is 1. The van der Waals surface area contributed by atoms with Gasteiger partial charge in [0.1, 0.15) is 11.9 Å². The molecule has 2 N–H and O–H groups in total. The fourth-order valence-electron chi connectivity index (χ4n) is 4.59. The second-order valence-corrected chi connectivity index (χ2v) is 9.40. The number of aryl methyl sites for hydroxylation is 1. The number of nitrogens with two attached hydrogens (primary N) is 1. The van der Waals surface area contributed by atoms with Gasteiger partial charge in [-0.05, 0) is 74.0 Å². The molecule has 7 heteroatoms. The fraction of sp³-hybridized carbons (Fsp3) is 0.300. The molecule has 1 atom stereocenters. The lowest BCUT2D eigenvalue weighted by Gasteiger charge is -2.37. The van der Waals surface area contributed by atoms with Crippen LogP contribution in [0.25, 0.3) is 0 Å². The predicted octanol–water partition coefficient (Wildman–Crippen LogP) is 5.52. The van der Waals surface area contributed by atoms with Gasteiger partial charge in [0.05, 0.1) is 12.9 Å². The van der Waals surface area contributed by atoms with E-state index >= 15 is 0 Å². The van der Waals surface area contributed by atoms with Gasteiger partial charge < -0.3 is 24.8 Å². The van der Waals surface area contributed by atoms with E-state index < -0.39 is 0 Å². The number of para-hydroxylation sites is 1. The number of piperazine rings is 1. The minimum atomic E-state index is 0.0418. The van der Waals surface area contributed by atoms with Crippen LogP contribution in [-0.4, -0.2) is 48.9 Å². The molecule has 1 aliphatic rings. The summed E-state index contributed by atoms with van der Waals surface area (Å²) in [4.78, 5) is 9.09. The molecular formula is C30H36ClN5O. The number of anilines is 2. The Morgan fingerprint density at radius 2 is 1.46 bits per heavy atom. The Hall–Kier alpha value is -3.48. The Morgan fingerprint density at radius 3 is 2.05 bits per heavy atom. The van der Waals surface area contributed by atoms with Crippen LogP contribution in [0.3, 0.4) is 0 Å². The smallest absolute Gasteiger partial charge is 0.119 e. The van der Waals surface area contributed by atoms with Crippen molar-refractivity contribution in [3.05, 3.63) is 108 Å². The summed E-state index contributed by atoms with van der Waals surface area (Å²) in [6, 6.07) is 27.3. The van der Waals surface area contributed by atoms with Gasteiger partial charge in [0, 0.05) is 55.0 Å². The first-order chi connectivity index (χ1) is 18.2. The first-order valence-electron chi connectivity index (χ1n) is 12.8. The number of ether oxygens (including phenoxy) is 1. The zero-order valence-corrected chi connectivity index (χ0v) is 22.2. The predicted molar refractivity (Wildman–Crippen MR) is 154 cm³/mol. The number of halogens is 1. The Morgan fingerprint density at radius 1 is 0.838 bits per heavy atom. The van der Waals surface area contributed by atoms with Crippen LogP contribution in [-0.2, 0) is 13.0 Å². The Labute approximate surface area is 225 Å². The van der Waals surface area contributed by atoms with Gasteiger partial charge in [0.2, 0.25) is 0 Å². The first kappa shape index (κ1) is 26.6. The zero-order valence-electron chi connectivity index (χ0n) is 21.4. The molecule has 0 bridgehead atoms. The number of nitrogens with zero attached hydrogens (tertiary/aromatic N) is 4. The van der Waals surface area contributed by atoms with Gasteiger partial charge in [0.25, 0.3) is 0 Å². The van der Waals surface area contributed by atoms with Crippen molar-refractivity contribution in [2.45, 2.75) is 25.5 Å². The second-order valence-electron chi connectivity index (χ2n) is 8.97. The third-order valence-corrected chi connectivity index (χ3v) is 6.80. The molecule has 0 spiro atoms. The van der Waals surface area contributed by atoms with Crippen LogP contribution in [0.1, 0.15) is 12.0 Å². The summed E-state index contributed by atoms with van der Waals surface area (Å²) in [5.41, 5.74) is 8.31. The van der Waals surface area contributed by atoms with Gasteiger partial charge in [0.15, 0.2) is 0 Å². The maximum Gasteiger partial charge on any atom is 0.119 e. The minimum Gasteiger partial charge on any atom is -0.489 e. The van der Waals surface area contributed by atoms with Gasteiger partial charge >= 0.3 is 0 Å². The van der Waals surface area contributed by atoms with E-state index in [4.69, 9.17) is 16.3 Å². The molecule has 1 aromatic heterocycles. The van der Waals surface area contributed by atoms with Crippen molar-refractivity contribution in [1.29, 1.82) is 0 Å². The molecule has 0 amide bonds. The van der Waals surface area contributed by atoms with Crippen LogP contribution in [0.2, 0.25) is 5.02 Å². The Kier molecular flexibility index (Phi) is 9.86. The number of hydrogen-bond acceptors (Lipinski definition) is 5. The first-order valence-corrected chi connectivity index (χ1v) is 13.2. The molecule has 5 rings (SSSR count). The SMILES string of the molecule is CN.Clc1ccc(CCC(Cn2ccnc2)Oc2ccc(N3CCN(c4ccccc4)CC3)cc2)cc1. The summed E-state index contributed by atoms with van der Waals surface area (Å²) in [6.07, 6.45) is 7.51. The highest BCUT2D eigenvalue weighted by molar-refractivity contribution is 6.30. The van der Waals surface area contributed by atoms with Gasteiger partial charge in [-0.1, -0.05) is 41.9 Å². The van der Waals surface area contributed by atoms with E-state index in [1.165, 1.54) is 24.0 Å². The minimum absolute atomic E-state index is 0.0418. The van der Waals surface area contributed by atoms with Crippen LogP contribution in [0.4, 0.5) is 11.4 Å². The van der Waals surface area contributed by atoms with Crippen molar-refractivity contribution in [2.24, 2.45) is 5.73 Å². The molecule has 0 radical (unpaired) electrons. The lowest BCUT2D eigenvalue weighted by Crippen LogP contribution is -2.46. The Bertz CT molecular complexity index is 1160. The van der Waals surface area contributed by atoms with Crippen LogP contribution >= 0.6 is 11.6 Å². The number of imidazole rings is 1. The molecular weight excluding hydrogens is 482 g/mol. The lowest BCUT2D eigenvalue weighted by atomic mass is 10.1. The summed E-state index contributed by atoms with van der Waals surface area (Å²) >= 11 is 6.04. The van der Waals surface area contributed by atoms with Crippen molar-refractivity contribution in [3.63, 3.8) is 0 Å². The largest absolute Gasteiger partial charge is 0.489 e. The normalized spacial score (nSPS) is 14.0. The third kappa shape index (κ3) is 7.75. The molecule has 1 unspecified atom stereocenters. The van der Waals surface area contributed by atoms with Gasteiger partial charge in [-0.2, -0.15) is 0 Å². The number of aromatic nitrogens is 2. The van der Waals surface area contributed by atoms with E-state index in [2.05, 4.69) is 91.8 Å². The molecule has 1 fully saturated rings. The maximum absolute atomic E-state index is 6.45. The van der Waals surface area contributed by atoms with E-state index in [1.54, 1.807) is 0 Å². The van der Waals surface area contributed by atoms with Crippen LogP contribution in [0.5, 0.6) is 5.75 Å². The summed E-state index contributed by atoms with van der Waals surface area (Å²) in [7, 11) is 1.50. The van der Waals surface area contributed by atoms with Crippen molar-refractivity contribution >= 4 is 23.0 Å². The fourth-order valence-corrected chi connectivity index (χ4v) is 4.71. The lowest BCUT2D eigenvalue weighted by molar-refractivity contribution is 0.170. The monoisotopic (exact) mass is 517 g/mol. The highest BCUT2D eigenvalue weighted by Crippen LogP contribution is 2.24. The van der Waals surface area contributed by atoms with E-state index in [1.807, 2.05) is 30.9 Å². The highest BCUT2D eigenvalue weighted by Gasteiger charge is 2.18. The summed E-state index contributed by atoms with van der Waals surface area (Å²) in [6.45, 7) is 4.84. The second kappa shape index (κ2) is 13.7. The summed E-state index contributed by atoms with van der Waals surface area (Å²) in [5, 5.41) is 0.765. The van der Waals surface area contributed by atoms with E-state index in [0.717, 1.165) is 56.3 Å². The topological polar surface area (TPSA) is 59.6 Å². The maximum atomic E-state index is 6.45. The van der Waals surface area contributed by atoms with Crippen molar-refractivity contribution < 1.29 is 4.74 Å². The number of benzene rings is 3. The molecule has 37 heavy (non-hydrogen) atoms. The number of rotatable bonds is 9. The standard InChI is InChI=1S/C29H31ClN4O.CH5N/c30-25-9-6-24(7-10-25)8-13-29(22-32-17-16-31-23-32)35-28-14-11-27(12-15-28)34-20-18-33(19-21-34)26-4-2-1-3-5-26;1-2/h1-7,9-12,14-17,23,29H,8,13,18-22H2;2H2,1H3. The van der Waals surface area contributed by atoms with Gasteiger partial charge in [-0.3, -0.25) is 0 Å². The van der Waals surface area contributed by atoms with E-state index in [0.29, 0.717) is 0 Å². The quantitative estimate of drug-likeness (QED) is 0.317. The molecule has 3 aromatic carbocycles. The molecule has 6 nitrogen and oxygen atoms in total. The van der Waals surface area contributed by atoms with Crippen molar-refractivity contribution in [2.75, 3.05) is 43.0 Å². The van der Waals surface area contributed by atoms with E-state index in [-0.39, 0.29) is 6.10 Å². The van der Waals surface area contributed by atoms with Crippen molar-refractivity contribution in [3.8, 4) is 5.75 Å². The third-order valence-electron chi connectivity index (χ3n) is 6.55. The van der Waals surface area contributed by atoms with Crippen LogP contribution in [0, 0.1) is 0 Å². The highest BCUT2D eigenvalue weighted by atomic mass is 35.5. The van der Waals surface area contributed by atoms with Gasteiger partial charge in [-0.15, -0.1) is 0 Å². The van der Waals surface area contributed by atoms with Crippen LogP contribution in [0.15, 0.2) is 97.6 Å². The molecule has 194 valence electrons. The molecule has 2 heterocycles. The summed E-state index contributed by atoms with van der Waals surface area (Å²) in [5.74, 6) is 0.901. The molecule has 1 aliphatic heterocycles.